The van der Waals surface area contributed by atoms with Gasteiger partial charge in [0.25, 0.3) is 0 Å². The fourth-order valence-corrected chi connectivity index (χ4v) is 0.983. The summed E-state index contributed by atoms with van der Waals surface area (Å²) in [5.41, 5.74) is 0.628. The second kappa shape index (κ2) is 5.27. The van der Waals surface area contributed by atoms with Gasteiger partial charge in [0.05, 0.1) is 0 Å². The Balaban J connectivity index is 4.18. The Bertz CT molecular complexity index is 163. The van der Waals surface area contributed by atoms with Crippen LogP contribution in [-0.4, -0.2) is 18.8 Å². The van der Waals surface area contributed by atoms with Gasteiger partial charge in [-0.05, 0) is 19.4 Å². The minimum Gasteiger partial charge on any atom is -0.306 e. The predicted molar refractivity (Wildman–Crippen MR) is 47.6 cm³/mol. The maximum atomic E-state index is 12.3. The number of alkyl halides is 3. The van der Waals surface area contributed by atoms with Gasteiger partial charge in [0.15, 0.2) is 0 Å². The van der Waals surface area contributed by atoms with Gasteiger partial charge < -0.3 is 5.32 Å². The summed E-state index contributed by atoms with van der Waals surface area (Å²) < 4.78 is 36.9. The molecule has 78 valence electrons. The van der Waals surface area contributed by atoms with Crippen LogP contribution in [0.3, 0.4) is 0 Å². The van der Waals surface area contributed by atoms with Crippen molar-refractivity contribution in [1.29, 1.82) is 0 Å². The van der Waals surface area contributed by atoms with Crippen molar-refractivity contribution in [2.24, 2.45) is 0 Å². The molecule has 0 aliphatic carbocycles. The zero-order valence-electron chi connectivity index (χ0n) is 8.04. The van der Waals surface area contributed by atoms with Crippen molar-refractivity contribution in [1.82, 2.24) is 5.32 Å². The third-order valence-corrected chi connectivity index (χ3v) is 1.84. The lowest BCUT2D eigenvalue weighted by Crippen LogP contribution is -2.42. The van der Waals surface area contributed by atoms with Gasteiger partial charge in [0.2, 0.25) is 0 Å². The highest BCUT2D eigenvalue weighted by Gasteiger charge is 2.38. The summed E-state index contributed by atoms with van der Waals surface area (Å²) in [6.07, 6.45) is -3.60. The monoisotopic (exact) mass is 195 g/mol. The van der Waals surface area contributed by atoms with E-state index in [1.165, 1.54) is 0 Å². The van der Waals surface area contributed by atoms with E-state index in [9.17, 15) is 13.2 Å². The predicted octanol–water partition coefficient (Wildman–Crippen LogP) is 2.88. The standard InChI is InChI=1S/C9H16F3N/c1-4-7(3)6-8(13-5-2)9(10,11)12/h8,13H,3-6H2,1-2H3. The number of halogens is 3. The molecule has 0 saturated carbocycles. The topological polar surface area (TPSA) is 12.0 Å². The Morgan fingerprint density at radius 3 is 2.23 bits per heavy atom. The van der Waals surface area contributed by atoms with E-state index in [0.717, 1.165) is 0 Å². The van der Waals surface area contributed by atoms with Crippen molar-refractivity contribution in [3.05, 3.63) is 12.2 Å². The summed E-state index contributed by atoms with van der Waals surface area (Å²) in [4.78, 5) is 0. The van der Waals surface area contributed by atoms with Gasteiger partial charge >= 0.3 is 6.18 Å². The van der Waals surface area contributed by atoms with E-state index in [0.29, 0.717) is 18.5 Å². The van der Waals surface area contributed by atoms with Crippen LogP contribution in [0.4, 0.5) is 13.2 Å². The first-order chi connectivity index (χ1) is 5.91. The lowest BCUT2D eigenvalue weighted by molar-refractivity contribution is -0.155. The molecule has 1 unspecified atom stereocenters. The molecule has 0 aromatic carbocycles. The molecule has 0 aromatic heterocycles. The molecule has 0 aliphatic heterocycles. The molecule has 0 bridgehead atoms. The van der Waals surface area contributed by atoms with Gasteiger partial charge in [0, 0.05) is 0 Å². The Morgan fingerprint density at radius 1 is 1.38 bits per heavy atom. The molecule has 1 atom stereocenters. The number of rotatable bonds is 5. The van der Waals surface area contributed by atoms with E-state index < -0.39 is 12.2 Å². The number of hydrogen-bond donors (Lipinski definition) is 1. The van der Waals surface area contributed by atoms with E-state index in [1.807, 2.05) is 6.92 Å². The molecule has 1 N–H and O–H groups in total. The molecule has 0 saturated heterocycles. The molecule has 0 spiro atoms. The summed E-state index contributed by atoms with van der Waals surface area (Å²) >= 11 is 0. The molecule has 0 aromatic rings. The van der Waals surface area contributed by atoms with E-state index in [1.54, 1.807) is 6.92 Å². The Hall–Kier alpha value is -0.510. The molecule has 4 heteroatoms. The van der Waals surface area contributed by atoms with Gasteiger partial charge in [0.1, 0.15) is 6.04 Å². The van der Waals surface area contributed by atoms with E-state index in [4.69, 9.17) is 0 Å². The van der Waals surface area contributed by atoms with Crippen LogP contribution in [0.5, 0.6) is 0 Å². The first-order valence-corrected chi connectivity index (χ1v) is 4.38. The molecule has 0 radical (unpaired) electrons. The lowest BCUT2D eigenvalue weighted by Gasteiger charge is -2.21. The zero-order chi connectivity index (χ0) is 10.5. The SMILES string of the molecule is C=C(CC)CC(NCC)C(F)(F)F. The maximum absolute atomic E-state index is 12.3. The van der Waals surface area contributed by atoms with Gasteiger partial charge in [-0.25, -0.2) is 0 Å². The molecule has 0 rings (SSSR count). The normalized spacial score (nSPS) is 14.2. The molecule has 0 amide bonds. The molecule has 0 heterocycles. The van der Waals surface area contributed by atoms with Crippen LogP contribution in [0, 0.1) is 0 Å². The van der Waals surface area contributed by atoms with Crippen LogP contribution < -0.4 is 5.32 Å². The minimum absolute atomic E-state index is 0.0200. The maximum Gasteiger partial charge on any atom is 0.404 e. The minimum atomic E-state index is -4.17. The number of hydrogen-bond acceptors (Lipinski definition) is 1. The van der Waals surface area contributed by atoms with Crippen molar-refractivity contribution in [3.8, 4) is 0 Å². The van der Waals surface area contributed by atoms with E-state index in [-0.39, 0.29) is 6.42 Å². The first-order valence-electron chi connectivity index (χ1n) is 4.38. The Morgan fingerprint density at radius 2 is 1.92 bits per heavy atom. The van der Waals surface area contributed by atoms with Crippen LogP contribution in [0.1, 0.15) is 26.7 Å². The second-order valence-corrected chi connectivity index (χ2v) is 2.96. The van der Waals surface area contributed by atoms with Gasteiger partial charge in [-0.3, -0.25) is 0 Å². The van der Waals surface area contributed by atoms with E-state index in [2.05, 4.69) is 11.9 Å². The van der Waals surface area contributed by atoms with Gasteiger partial charge in [-0.1, -0.05) is 26.0 Å². The second-order valence-electron chi connectivity index (χ2n) is 2.96. The fourth-order valence-electron chi connectivity index (χ4n) is 0.983. The summed E-state index contributed by atoms with van der Waals surface area (Å²) in [6, 6.07) is -1.44. The molecular formula is C9H16F3N. The average molecular weight is 195 g/mol. The zero-order valence-corrected chi connectivity index (χ0v) is 8.04. The van der Waals surface area contributed by atoms with E-state index >= 15 is 0 Å². The van der Waals surface area contributed by atoms with Crippen LogP contribution in [-0.2, 0) is 0 Å². The van der Waals surface area contributed by atoms with Crippen molar-refractivity contribution >= 4 is 0 Å². The summed E-state index contributed by atoms with van der Waals surface area (Å²) in [5.74, 6) is 0. The Labute approximate surface area is 77.0 Å². The van der Waals surface area contributed by atoms with Crippen molar-refractivity contribution in [2.45, 2.75) is 38.9 Å². The molecule has 13 heavy (non-hydrogen) atoms. The van der Waals surface area contributed by atoms with Crippen molar-refractivity contribution in [2.75, 3.05) is 6.54 Å². The molecular weight excluding hydrogens is 179 g/mol. The fraction of sp³-hybridized carbons (Fsp3) is 0.778. The smallest absolute Gasteiger partial charge is 0.306 e. The van der Waals surface area contributed by atoms with Crippen LogP contribution in [0.15, 0.2) is 12.2 Å². The molecule has 0 aliphatic rings. The highest BCUT2D eigenvalue weighted by molar-refractivity contribution is 4.98. The molecule has 1 nitrogen and oxygen atoms in total. The highest BCUT2D eigenvalue weighted by Crippen LogP contribution is 2.25. The first kappa shape index (κ1) is 12.5. The van der Waals surface area contributed by atoms with Crippen LogP contribution >= 0.6 is 0 Å². The third-order valence-electron chi connectivity index (χ3n) is 1.84. The van der Waals surface area contributed by atoms with Crippen molar-refractivity contribution in [3.63, 3.8) is 0 Å². The summed E-state index contributed by atoms with van der Waals surface area (Å²) in [6.45, 7) is 7.36. The van der Waals surface area contributed by atoms with Crippen molar-refractivity contribution < 1.29 is 13.2 Å². The lowest BCUT2D eigenvalue weighted by atomic mass is 10.1. The highest BCUT2D eigenvalue weighted by atomic mass is 19.4. The summed E-state index contributed by atoms with van der Waals surface area (Å²) in [5, 5.41) is 2.40. The largest absolute Gasteiger partial charge is 0.404 e. The van der Waals surface area contributed by atoms with Gasteiger partial charge in [-0.15, -0.1) is 0 Å². The van der Waals surface area contributed by atoms with Crippen LogP contribution in [0.25, 0.3) is 0 Å². The average Bonchev–Trinajstić information content (AvgIpc) is 2.01. The van der Waals surface area contributed by atoms with Gasteiger partial charge in [-0.2, -0.15) is 13.2 Å². The quantitative estimate of drug-likeness (QED) is 0.665. The van der Waals surface area contributed by atoms with Crippen LogP contribution in [0.2, 0.25) is 0 Å². The third kappa shape index (κ3) is 4.93. The Kier molecular flexibility index (Phi) is 5.06. The number of nitrogens with one attached hydrogen (secondary N) is 1. The summed E-state index contributed by atoms with van der Waals surface area (Å²) in [7, 11) is 0. The molecule has 0 fully saturated rings.